The maximum Gasteiger partial charge on any atom is 0.490 e. The second kappa shape index (κ2) is 28.7. The number of unbranched alkanes of at least 4 members (excludes halogenated alkanes) is 4. The van der Waals surface area contributed by atoms with Gasteiger partial charge < -0.3 is 53.8 Å². The van der Waals surface area contributed by atoms with Gasteiger partial charge in [-0.3, -0.25) is 9.79 Å². The lowest BCUT2D eigenvalue weighted by atomic mass is 10.2. The van der Waals surface area contributed by atoms with Gasteiger partial charge in [0, 0.05) is 25.7 Å². The summed E-state index contributed by atoms with van der Waals surface area (Å²) in [6.07, 6.45) is -8.61. The summed E-state index contributed by atoms with van der Waals surface area (Å²) in [6, 6.07) is -0.100. The van der Waals surface area contributed by atoms with Crippen LogP contribution in [0.3, 0.4) is 0 Å². The Balaban J connectivity index is -0.000000386. The Hall–Kier alpha value is -4.29. The van der Waals surface area contributed by atoms with Crippen LogP contribution in [0.5, 0.6) is 0 Å². The van der Waals surface area contributed by atoms with Gasteiger partial charge in [0.25, 0.3) is 0 Å². The molecule has 0 bridgehead atoms. The first-order chi connectivity index (χ1) is 22.2. The number of nitrogens with two attached hydrogens (primary N) is 3. The zero-order chi connectivity index (χ0) is 39.3. The minimum Gasteiger partial charge on any atom is -0.475 e. The highest BCUT2D eigenvalue weighted by molar-refractivity contribution is 5.83. The summed E-state index contributed by atoms with van der Waals surface area (Å²) in [5.74, 6) is -8.34. The third-order valence-electron chi connectivity index (χ3n) is 4.68. The Morgan fingerprint density at radius 1 is 0.633 bits per heavy atom. The van der Waals surface area contributed by atoms with E-state index in [1.807, 2.05) is 6.92 Å². The molecule has 0 rings (SSSR count). The number of hydrogen-bond acceptors (Lipinski definition) is 8. The van der Waals surface area contributed by atoms with Crippen LogP contribution < -0.4 is 38.5 Å². The second-order valence-electron chi connectivity index (χ2n) is 9.31. The van der Waals surface area contributed by atoms with Crippen molar-refractivity contribution in [1.29, 1.82) is 0 Å². The first kappa shape index (κ1) is 51.5. The van der Waals surface area contributed by atoms with Gasteiger partial charge >= 0.3 is 42.5 Å². The molecule has 1 unspecified atom stereocenters. The lowest BCUT2D eigenvalue weighted by molar-refractivity contribution is -0.193. The topological polar surface area (TPSA) is 285 Å². The molecule has 13 N–H and O–H groups in total. The highest BCUT2D eigenvalue weighted by atomic mass is 19.4. The minimum atomic E-state index is -5.08. The number of rotatable bonds is 17. The zero-order valence-corrected chi connectivity index (χ0v) is 26.2. The predicted octanol–water partition coefficient (Wildman–Crippen LogP) is 1.24. The summed E-state index contributed by atoms with van der Waals surface area (Å²) in [7, 11) is 0. The van der Waals surface area contributed by atoms with Gasteiger partial charge in [0.05, 0.1) is 6.54 Å². The molecular weight excluding hydrogens is 699 g/mol. The lowest BCUT2D eigenvalue weighted by Crippen LogP contribution is -2.42. The molecule has 16 nitrogen and oxygen atoms in total. The molecule has 0 fully saturated rings. The van der Waals surface area contributed by atoms with Crippen LogP contribution >= 0.6 is 0 Å². The van der Waals surface area contributed by atoms with E-state index in [4.69, 9.17) is 46.9 Å². The van der Waals surface area contributed by atoms with Crippen molar-refractivity contribution in [2.24, 2.45) is 22.2 Å². The summed E-state index contributed by atoms with van der Waals surface area (Å²) in [5, 5.41) is 32.8. The number of carboxylic acids is 3. The van der Waals surface area contributed by atoms with Crippen LogP contribution in [-0.4, -0.2) is 115 Å². The van der Waals surface area contributed by atoms with Crippen molar-refractivity contribution in [3.63, 3.8) is 0 Å². The molecule has 0 radical (unpaired) electrons. The summed E-state index contributed by atoms with van der Waals surface area (Å²) < 4.78 is 95.2. The summed E-state index contributed by atoms with van der Waals surface area (Å²) >= 11 is 0. The van der Waals surface area contributed by atoms with Gasteiger partial charge in [0.1, 0.15) is 0 Å². The van der Waals surface area contributed by atoms with Gasteiger partial charge in [0.15, 0.2) is 5.96 Å². The number of halogens is 9. The van der Waals surface area contributed by atoms with E-state index in [0.717, 1.165) is 58.0 Å². The standard InChI is InChI=1S/C18H40N8O2.3C2HF3O2/c1-15(19)8-13-22-9-6-7-12-25-18(28)26-14-16(27)23-10-4-2-3-5-11-24-17(20)21;3*3-2(4,5)1(6)7/h15,22H,2-14,19H2,1H3,(H,23,27)(H4,20,21,24)(H2,25,26,28);3*(H,6,7). The van der Waals surface area contributed by atoms with Gasteiger partial charge in [-0.05, 0) is 52.1 Å². The molecule has 290 valence electrons. The van der Waals surface area contributed by atoms with E-state index in [1.54, 1.807) is 0 Å². The molecule has 0 saturated carbocycles. The maximum absolute atomic E-state index is 11.7. The Kier molecular flexibility index (Phi) is 30.2. The third-order valence-corrected chi connectivity index (χ3v) is 4.68. The van der Waals surface area contributed by atoms with Gasteiger partial charge in [0.2, 0.25) is 5.91 Å². The average Bonchev–Trinajstić information content (AvgIpc) is 2.93. The number of carbonyl (C=O) groups is 5. The smallest absolute Gasteiger partial charge is 0.475 e. The quantitative estimate of drug-likeness (QED) is 0.0436. The number of amides is 3. The molecule has 0 aliphatic rings. The third kappa shape index (κ3) is 45.9. The molecule has 25 heteroatoms. The molecule has 0 aliphatic carbocycles. The fourth-order valence-electron chi connectivity index (χ4n) is 2.34. The van der Waals surface area contributed by atoms with Crippen LogP contribution in [-0.2, 0) is 19.2 Å². The zero-order valence-electron chi connectivity index (χ0n) is 26.2. The molecule has 0 aromatic heterocycles. The van der Waals surface area contributed by atoms with E-state index in [-0.39, 0.29) is 30.5 Å². The number of nitrogens with zero attached hydrogens (tertiary/aromatic N) is 1. The maximum atomic E-state index is 11.7. The van der Waals surface area contributed by atoms with Crippen molar-refractivity contribution in [2.75, 3.05) is 39.3 Å². The predicted molar refractivity (Wildman–Crippen MR) is 155 cm³/mol. The molecule has 0 aromatic carbocycles. The average molecular weight is 743 g/mol. The molecule has 49 heavy (non-hydrogen) atoms. The summed E-state index contributed by atoms with van der Waals surface area (Å²) in [6.45, 7) is 5.62. The fraction of sp³-hybridized carbons (Fsp3) is 0.750. The summed E-state index contributed by atoms with van der Waals surface area (Å²) in [5.41, 5.74) is 16.2. The van der Waals surface area contributed by atoms with Gasteiger partial charge in [-0.1, -0.05) is 12.8 Å². The van der Waals surface area contributed by atoms with Crippen molar-refractivity contribution in [2.45, 2.75) is 76.4 Å². The number of aliphatic carboxylic acids is 3. The highest BCUT2D eigenvalue weighted by Gasteiger charge is 2.39. The van der Waals surface area contributed by atoms with Gasteiger partial charge in [-0.2, -0.15) is 39.5 Å². The van der Waals surface area contributed by atoms with Crippen LogP contribution in [0.2, 0.25) is 0 Å². The number of carboxylic acid groups (broad SMARTS) is 3. The summed E-state index contributed by atoms with van der Waals surface area (Å²) in [4.78, 5) is 53.9. The van der Waals surface area contributed by atoms with Crippen molar-refractivity contribution in [1.82, 2.24) is 21.3 Å². The number of nitrogens with one attached hydrogen (secondary N) is 4. The number of guanidine groups is 1. The Morgan fingerprint density at radius 2 is 1.02 bits per heavy atom. The van der Waals surface area contributed by atoms with Crippen LogP contribution in [0.1, 0.15) is 51.9 Å². The first-order valence-corrected chi connectivity index (χ1v) is 13.9. The van der Waals surface area contributed by atoms with Crippen molar-refractivity contribution >= 4 is 35.8 Å². The lowest BCUT2D eigenvalue weighted by Gasteiger charge is -2.09. The highest BCUT2D eigenvalue weighted by Crippen LogP contribution is 2.14. The molecule has 3 amide bonds. The molecule has 0 aromatic rings. The number of hydrogen-bond donors (Lipinski definition) is 10. The number of carbonyl (C=O) groups excluding carboxylic acids is 2. The van der Waals surface area contributed by atoms with Crippen molar-refractivity contribution in [3.05, 3.63) is 0 Å². The number of alkyl halides is 9. The van der Waals surface area contributed by atoms with Gasteiger partial charge in [-0.15, -0.1) is 0 Å². The molecule has 0 saturated heterocycles. The first-order valence-electron chi connectivity index (χ1n) is 13.9. The van der Waals surface area contributed by atoms with E-state index in [9.17, 15) is 49.1 Å². The van der Waals surface area contributed by atoms with Crippen LogP contribution in [0.25, 0.3) is 0 Å². The van der Waals surface area contributed by atoms with E-state index < -0.39 is 36.4 Å². The van der Waals surface area contributed by atoms with Crippen molar-refractivity contribution < 1.29 is 78.8 Å². The Labute approximate surface area is 274 Å². The molecule has 0 aliphatic heterocycles. The largest absolute Gasteiger partial charge is 0.490 e. The second-order valence-corrected chi connectivity index (χ2v) is 9.31. The van der Waals surface area contributed by atoms with E-state index in [2.05, 4.69) is 26.3 Å². The van der Waals surface area contributed by atoms with Gasteiger partial charge in [-0.25, -0.2) is 19.2 Å². The number of aliphatic imine (C=N–C) groups is 1. The van der Waals surface area contributed by atoms with Crippen LogP contribution in [0.4, 0.5) is 44.3 Å². The Bertz CT molecular complexity index is 921. The Morgan fingerprint density at radius 3 is 1.43 bits per heavy atom. The fourth-order valence-corrected chi connectivity index (χ4v) is 2.34. The van der Waals surface area contributed by atoms with Crippen LogP contribution in [0, 0.1) is 0 Å². The molecular formula is C24H43F9N8O8. The minimum absolute atomic E-state index is 0.0187. The monoisotopic (exact) mass is 742 g/mol. The SMILES string of the molecule is CC(N)CCNCCCCNC(=O)NCC(=O)NCCCCCCN=C(N)N.O=C(O)C(F)(F)F.O=C(O)C(F)(F)F.O=C(O)C(F)(F)F. The van der Waals surface area contributed by atoms with Crippen molar-refractivity contribution in [3.8, 4) is 0 Å². The normalized spacial score (nSPS) is 11.4. The molecule has 0 spiro atoms. The molecule has 1 atom stereocenters. The number of urea groups is 1. The van der Waals surface area contributed by atoms with E-state index in [1.165, 1.54) is 0 Å². The van der Waals surface area contributed by atoms with Crippen LogP contribution in [0.15, 0.2) is 4.99 Å². The van der Waals surface area contributed by atoms with E-state index in [0.29, 0.717) is 19.6 Å². The molecule has 0 heterocycles. The van der Waals surface area contributed by atoms with E-state index >= 15 is 0 Å².